The van der Waals surface area contributed by atoms with Gasteiger partial charge < -0.3 is 9.63 Å². The van der Waals surface area contributed by atoms with E-state index >= 15 is 0 Å². The summed E-state index contributed by atoms with van der Waals surface area (Å²) in [5.41, 5.74) is 0. The average molecular weight is 200 g/mol. The lowest BCUT2D eigenvalue weighted by Crippen LogP contribution is -1.94. The first kappa shape index (κ1) is 9.02. The molecular weight excluding hydrogens is 188 g/mol. The van der Waals surface area contributed by atoms with Gasteiger partial charge in [-0.05, 0) is 18.6 Å². The van der Waals surface area contributed by atoms with Crippen LogP contribution in [0.5, 0.6) is 0 Å². The van der Waals surface area contributed by atoms with E-state index in [1.165, 1.54) is 12.2 Å². The topological polar surface area (TPSA) is 59.2 Å². The minimum absolute atomic E-state index is 0.0689. The lowest BCUT2D eigenvalue weighted by molar-refractivity contribution is 0.274. The van der Waals surface area contributed by atoms with Crippen molar-refractivity contribution in [1.29, 1.82) is 0 Å². The van der Waals surface area contributed by atoms with Crippen LogP contribution < -0.4 is 0 Å². The van der Waals surface area contributed by atoms with Crippen molar-refractivity contribution in [2.75, 3.05) is 12.4 Å². The van der Waals surface area contributed by atoms with Crippen molar-refractivity contribution in [2.24, 2.45) is 0 Å². The molecule has 2 heterocycles. The zero-order valence-corrected chi connectivity index (χ0v) is 8.09. The third-order valence-electron chi connectivity index (χ3n) is 2.03. The minimum atomic E-state index is 0.0689. The summed E-state index contributed by atoms with van der Waals surface area (Å²) >= 11 is 1.88. The number of thioether (sulfide) groups is 1. The highest BCUT2D eigenvalue weighted by Crippen LogP contribution is 2.38. The third-order valence-corrected chi connectivity index (χ3v) is 3.40. The lowest BCUT2D eigenvalue weighted by Gasteiger charge is -1.98. The minimum Gasteiger partial charge on any atom is -0.396 e. The van der Waals surface area contributed by atoms with Crippen molar-refractivity contribution in [2.45, 2.75) is 24.5 Å². The Morgan fingerprint density at radius 3 is 3.23 bits per heavy atom. The van der Waals surface area contributed by atoms with Crippen LogP contribution >= 0.6 is 11.8 Å². The molecule has 1 unspecified atom stereocenters. The van der Waals surface area contributed by atoms with Gasteiger partial charge in [-0.3, -0.25) is 0 Å². The molecule has 2 rings (SSSR count). The highest BCUT2D eigenvalue weighted by molar-refractivity contribution is 7.99. The molecule has 1 fully saturated rings. The summed E-state index contributed by atoms with van der Waals surface area (Å²) in [7, 11) is 0. The largest absolute Gasteiger partial charge is 0.396 e. The van der Waals surface area contributed by atoms with Crippen LogP contribution in [-0.4, -0.2) is 27.6 Å². The highest BCUT2D eigenvalue weighted by Gasteiger charge is 2.22. The van der Waals surface area contributed by atoms with Gasteiger partial charge in [-0.25, -0.2) is 0 Å². The summed E-state index contributed by atoms with van der Waals surface area (Å²) in [6.45, 7) is 0.0689. The van der Waals surface area contributed by atoms with Gasteiger partial charge in [-0.15, -0.1) is 0 Å². The van der Waals surface area contributed by atoms with Crippen LogP contribution in [0.1, 0.15) is 29.8 Å². The van der Waals surface area contributed by atoms with E-state index in [2.05, 4.69) is 10.1 Å². The molecule has 1 saturated heterocycles. The predicted molar refractivity (Wildman–Crippen MR) is 49.5 cm³/mol. The molecule has 5 heteroatoms. The van der Waals surface area contributed by atoms with Gasteiger partial charge >= 0.3 is 0 Å². The van der Waals surface area contributed by atoms with Crippen LogP contribution in [0, 0.1) is 0 Å². The summed E-state index contributed by atoms with van der Waals surface area (Å²) in [5.74, 6) is 2.53. The van der Waals surface area contributed by atoms with Gasteiger partial charge in [0, 0.05) is 0 Å². The summed E-state index contributed by atoms with van der Waals surface area (Å²) in [4.78, 5) is 4.22. The van der Waals surface area contributed by atoms with E-state index in [-0.39, 0.29) is 6.61 Å². The highest BCUT2D eigenvalue weighted by atomic mass is 32.2. The Balaban J connectivity index is 2.03. The van der Waals surface area contributed by atoms with Crippen LogP contribution in [0.25, 0.3) is 0 Å². The summed E-state index contributed by atoms with van der Waals surface area (Å²) in [6.07, 6.45) is 2.84. The second kappa shape index (κ2) is 4.11. The molecule has 0 spiro atoms. The second-order valence-electron chi connectivity index (χ2n) is 3.02. The molecule has 4 nitrogen and oxygen atoms in total. The Morgan fingerprint density at radius 2 is 2.54 bits per heavy atom. The molecular formula is C8H12N2O2S. The Labute approximate surface area is 80.7 Å². The number of nitrogens with zero attached hydrogens (tertiary/aromatic N) is 2. The molecule has 1 aliphatic rings. The molecule has 1 N–H and O–H groups in total. The Morgan fingerprint density at radius 1 is 1.62 bits per heavy atom. The molecule has 0 bridgehead atoms. The lowest BCUT2D eigenvalue weighted by atomic mass is 10.2. The van der Waals surface area contributed by atoms with Gasteiger partial charge in [-0.1, -0.05) is 5.16 Å². The van der Waals surface area contributed by atoms with E-state index < -0.39 is 0 Å². The Kier molecular flexibility index (Phi) is 2.85. The fraction of sp³-hybridized carbons (Fsp3) is 0.750. The number of hydrogen-bond donors (Lipinski definition) is 1. The number of aromatic nitrogens is 2. The molecule has 1 aromatic rings. The van der Waals surface area contributed by atoms with E-state index in [9.17, 15) is 0 Å². The molecule has 0 amide bonds. The van der Waals surface area contributed by atoms with Gasteiger partial charge in [0.25, 0.3) is 0 Å². The van der Waals surface area contributed by atoms with Crippen molar-refractivity contribution in [3.63, 3.8) is 0 Å². The number of hydrogen-bond acceptors (Lipinski definition) is 5. The zero-order chi connectivity index (χ0) is 9.10. The van der Waals surface area contributed by atoms with Crippen molar-refractivity contribution < 1.29 is 9.63 Å². The van der Waals surface area contributed by atoms with E-state index in [0.717, 1.165) is 12.2 Å². The van der Waals surface area contributed by atoms with E-state index in [4.69, 9.17) is 9.63 Å². The summed E-state index contributed by atoms with van der Waals surface area (Å²) in [6, 6.07) is 0. The Bertz CT molecular complexity index is 271. The fourth-order valence-corrected chi connectivity index (χ4v) is 2.57. The maximum atomic E-state index is 8.66. The van der Waals surface area contributed by atoms with Gasteiger partial charge in [-0.2, -0.15) is 16.7 Å². The van der Waals surface area contributed by atoms with E-state index in [1.807, 2.05) is 11.8 Å². The van der Waals surface area contributed by atoms with Gasteiger partial charge in [0.2, 0.25) is 5.89 Å². The van der Waals surface area contributed by atoms with Crippen LogP contribution in [0.3, 0.4) is 0 Å². The Hall–Kier alpha value is -0.550. The van der Waals surface area contributed by atoms with Crippen LogP contribution in [0.2, 0.25) is 0 Å². The first-order valence-electron chi connectivity index (χ1n) is 4.45. The van der Waals surface area contributed by atoms with E-state index in [0.29, 0.717) is 17.6 Å². The van der Waals surface area contributed by atoms with Crippen molar-refractivity contribution in [3.05, 3.63) is 11.7 Å². The predicted octanol–water partition coefficient (Wildman–Crippen LogP) is 1.17. The zero-order valence-electron chi connectivity index (χ0n) is 7.27. The number of aliphatic hydroxyl groups excluding tert-OH is 1. The van der Waals surface area contributed by atoms with Gasteiger partial charge in [0.05, 0.1) is 18.3 Å². The summed E-state index contributed by atoms with van der Waals surface area (Å²) < 4.78 is 4.98. The number of aliphatic hydroxyl groups is 1. The molecule has 1 atom stereocenters. The monoisotopic (exact) mass is 200 g/mol. The number of rotatable bonds is 3. The maximum absolute atomic E-state index is 8.66. The third kappa shape index (κ3) is 2.03. The average Bonchev–Trinajstić information content (AvgIpc) is 2.70. The first-order valence-corrected chi connectivity index (χ1v) is 5.50. The first-order chi connectivity index (χ1) is 6.40. The maximum Gasteiger partial charge on any atom is 0.228 e. The molecule has 0 saturated carbocycles. The normalized spacial score (nSPS) is 22.4. The summed E-state index contributed by atoms with van der Waals surface area (Å²) in [5, 5.41) is 13.0. The molecule has 72 valence electrons. The van der Waals surface area contributed by atoms with Crippen molar-refractivity contribution in [3.8, 4) is 0 Å². The van der Waals surface area contributed by atoms with Gasteiger partial charge in [0.15, 0.2) is 5.82 Å². The smallest absolute Gasteiger partial charge is 0.228 e. The second-order valence-corrected chi connectivity index (χ2v) is 4.33. The van der Waals surface area contributed by atoms with Crippen LogP contribution in [-0.2, 0) is 6.42 Å². The molecule has 1 aliphatic heterocycles. The van der Waals surface area contributed by atoms with Crippen molar-refractivity contribution >= 4 is 11.8 Å². The van der Waals surface area contributed by atoms with E-state index in [1.54, 1.807) is 0 Å². The molecule has 0 aliphatic carbocycles. The molecule has 0 radical (unpaired) electrons. The fourth-order valence-electron chi connectivity index (χ4n) is 1.38. The quantitative estimate of drug-likeness (QED) is 0.793. The SMILES string of the molecule is OCCc1nc(C2CCCS2)no1. The standard InChI is InChI=1S/C8H12N2O2S/c11-4-3-7-9-8(10-12-7)6-2-1-5-13-6/h6,11H,1-5H2. The molecule has 13 heavy (non-hydrogen) atoms. The van der Waals surface area contributed by atoms with Crippen LogP contribution in [0.15, 0.2) is 4.52 Å². The molecule has 0 aromatic carbocycles. The van der Waals surface area contributed by atoms with Crippen molar-refractivity contribution in [1.82, 2.24) is 10.1 Å². The van der Waals surface area contributed by atoms with Crippen LogP contribution in [0.4, 0.5) is 0 Å². The molecule has 1 aromatic heterocycles. The van der Waals surface area contributed by atoms with Gasteiger partial charge in [0.1, 0.15) is 0 Å².